The lowest BCUT2D eigenvalue weighted by Gasteiger charge is -2.06. The highest BCUT2D eigenvalue weighted by molar-refractivity contribution is 6.03. The highest BCUT2D eigenvalue weighted by Crippen LogP contribution is 2.14. The molecule has 0 aliphatic heterocycles. The van der Waals surface area contributed by atoms with Crippen molar-refractivity contribution in [2.24, 2.45) is 7.05 Å². The fourth-order valence-corrected chi connectivity index (χ4v) is 1.69. The Labute approximate surface area is 104 Å². The third-order valence-corrected chi connectivity index (χ3v) is 2.66. The van der Waals surface area contributed by atoms with Crippen molar-refractivity contribution < 1.29 is 9.18 Å². The van der Waals surface area contributed by atoms with Gasteiger partial charge in [0.05, 0.1) is 5.69 Å². The summed E-state index contributed by atoms with van der Waals surface area (Å²) in [4.78, 5) is 12.0. The first-order valence-corrected chi connectivity index (χ1v) is 5.55. The Balaban J connectivity index is 2.21. The van der Waals surface area contributed by atoms with Crippen LogP contribution in [0.3, 0.4) is 0 Å². The van der Waals surface area contributed by atoms with Gasteiger partial charge in [0.1, 0.15) is 11.5 Å². The zero-order chi connectivity index (χ0) is 13.3. The van der Waals surface area contributed by atoms with Gasteiger partial charge in [-0.05, 0) is 37.6 Å². The van der Waals surface area contributed by atoms with Crippen LogP contribution in [0, 0.1) is 19.7 Å². The first-order chi connectivity index (χ1) is 8.47. The number of halogens is 1. The summed E-state index contributed by atoms with van der Waals surface area (Å²) in [6.07, 6.45) is 0. The van der Waals surface area contributed by atoms with E-state index in [0.29, 0.717) is 16.9 Å². The third kappa shape index (κ3) is 2.40. The number of aromatic nitrogens is 2. The van der Waals surface area contributed by atoms with Crippen LogP contribution >= 0.6 is 0 Å². The largest absolute Gasteiger partial charge is 0.321 e. The van der Waals surface area contributed by atoms with Crippen LogP contribution in [-0.4, -0.2) is 15.7 Å². The van der Waals surface area contributed by atoms with E-state index in [9.17, 15) is 9.18 Å². The molecule has 1 amide bonds. The van der Waals surface area contributed by atoms with E-state index in [2.05, 4.69) is 10.4 Å². The number of nitrogens with one attached hydrogen (secondary N) is 1. The Hall–Kier alpha value is -2.17. The highest BCUT2D eigenvalue weighted by atomic mass is 19.1. The lowest BCUT2D eigenvalue weighted by Crippen LogP contribution is -2.16. The van der Waals surface area contributed by atoms with Crippen molar-refractivity contribution in [2.75, 3.05) is 5.32 Å². The predicted molar refractivity (Wildman–Crippen MR) is 67.0 cm³/mol. The molecule has 0 fully saturated rings. The van der Waals surface area contributed by atoms with Crippen LogP contribution in [0.15, 0.2) is 24.3 Å². The van der Waals surface area contributed by atoms with Gasteiger partial charge in [0.25, 0.3) is 5.91 Å². The summed E-state index contributed by atoms with van der Waals surface area (Å²) in [7, 11) is 1.69. The Bertz CT molecular complexity index is 604. The predicted octanol–water partition coefficient (Wildman–Crippen LogP) is 2.43. The number of aryl methyl sites for hydroxylation is 3. The van der Waals surface area contributed by atoms with Crippen LogP contribution in [0.2, 0.25) is 0 Å². The van der Waals surface area contributed by atoms with E-state index in [1.807, 2.05) is 6.92 Å². The lowest BCUT2D eigenvalue weighted by atomic mass is 10.2. The molecule has 0 radical (unpaired) electrons. The van der Waals surface area contributed by atoms with Crippen molar-refractivity contribution >= 4 is 11.6 Å². The van der Waals surface area contributed by atoms with E-state index in [4.69, 9.17) is 0 Å². The van der Waals surface area contributed by atoms with Crippen LogP contribution in [0.4, 0.5) is 10.1 Å². The number of nitrogens with zero attached hydrogens (tertiary/aromatic N) is 2. The van der Waals surface area contributed by atoms with E-state index in [-0.39, 0.29) is 11.7 Å². The number of hydrogen-bond donors (Lipinski definition) is 1. The zero-order valence-electron chi connectivity index (χ0n) is 10.5. The summed E-state index contributed by atoms with van der Waals surface area (Å²) in [5.41, 5.74) is 2.18. The molecule has 0 aliphatic rings. The number of anilines is 1. The second kappa shape index (κ2) is 4.60. The van der Waals surface area contributed by atoms with Gasteiger partial charge in [0.2, 0.25) is 0 Å². The van der Waals surface area contributed by atoms with E-state index >= 15 is 0 Å². The molecule has 1 aromatic carbocycles. The van der Waals surface area contributed by atoms with E-state index in [0.717, 1.165) is 5.69 Å². The molecule has 0 saturated carbocycles. The molecule has 2 rings (SSSR count). The quantitative estimate of drug-likeness (QED) is 0.886. The van der Waals surface area contributed by atoms with Gasteiger partial charge in [-0.25, -0.2) is 4.39 Å². The third-order valence-electron chi connectivity index (χ3n) is 2.66. The van der Waals surface area contributed by atoms with Gasteiger partial charge < -0.3 is 5.32 Å². The second-order valence-electron chi connectivity index (χ2n) is 4.21. The second-order valence-corrected chi connectivity index (χ2v) is 4.21. The molecule has 2 aromatic rings. The first-order valence-electron chi connectivity index (χ1n) is 5.55. The molecule has 0 saturated heterocycles. The van der Waals surface area contributed by atoms with Gasteiger partial charge in [-0.15, -0.1) is 0 Å². The van der Waals surface area contributed by atoms with Gasteiger partial charge >= 0.3 is 0 Å². The van der Waals surface area contributed by atoms with Crippen LogP contribution in [-0.2, 0) is 7.05 Å². The summed E-state index contributed by atoms with van der Waals surface area (Å²) in [6.45, 7) is 3.48. The van der Waals surface area contributed by atoms with Gasteiger partial charge in [0, 0.05) is 12.7 Å². The number of rotatable bonds is 2. The average molecular weight is 247 g/mol. The Kier molecular flexibility index (Phi) is 3.14. The zero-order valence-corrected chi connectivity index (χ0v) is 10.5. The minimum Gasteiger partial charge on any atom is -0.321 e. The number of amides is 1. The first kappa shape index (κ1) is 12.3. The molecule has 1 heterocycles. The molecule has 5 heteroatoms. The molecule has 0 aliphatic carbocycles. The molecule has 1 aromatic heterocycles. The van der Waals surface area contributed by atoms with Gasteiger partial charge in [-0.3, -0.25) is 9.48 Å². The number of carbonyl (C=O) groups is 1. The highest BCUT2D eigenvalue weighted by Gasteiger charge is 2.12. The van der Waals surface area contributed by atoms with Crippen molar-refractivity contribution in [3.8, 4) is 0 Å². The molecule has 0 atom stereocenters. The normalized spacial score (nSPS) is 10.4. The van der Waals surface area contributed by atoms with E-state index < -0.39 is 0 Å². The van der Waals surface area contributed by atoms with E-state index in [1.165, 1.54) is 10.7 Å². The van der Waals surface area contributed by atoms with Crippen molar-refractivity contribution in [3.63, 3.8) is 0 Å². The molecule has 4 nitrogen and oxygen atoms in total. The summed E-state index contributed by atoms with van der Waals surface area (Å²) in [5.74, 6) is -0.643. The lowest BCUT2D eigenvalue weighted by molar-refractivity contribution is 0.101. The summed E-state index contributed by atoms with van der Waals surface area (Å²) < 4.78 is 14.8. The molecular formula is C13H14FN3O. The topological polar surface area (TPSA) is 46.9 Å². The Morgan fingerprint density at radius 2 is 2.06 bits per heavy atom. The monoisotopic (exact) mass is 247 g/mol. The van der Waals surface area contributed by atoms with Gasteiger partial charge in [0.15, 0.2) is 0 Å². The molecule has 94 valence electrons. The van der Waals surface area contributed by atoms with Crippen molar-refractivity contribution in [1.82, 2.24) is 9.78 Å². The minimum absolute atomic E-state index is 0.304. The van der Waals surface area contributed by atoms with Crippen LogP contribution < -0.4 is 5.32 Å². The number of hydrogen-bond acceptors (Lipinski definition) is 2. The Morgan fingerprint density at radius 3 is 2.61 bits per heavy atom. The molecular weight excluding hydrogens is 233 g/mol. The fourth-order valence-electron chi connectivity index (χ4n) is 1.69. The van der Waals surface area contributed by atoms with Gasteiger partial charge in [-0.1, -0.05) is 6.07 Å². The van der Waals surface area contributed by atoms with Crippen molar-refractivity contribution in [2.45, 2.75) is 13.8 Å². The van der Waals surface area contributed by atoms with Crippen LogP contribution in [0.5, 0.6) is 0 Å². The molecule has 0 unspecified atom stereocenters. The molecule has 0 spiro atoms. The molecule has 18 heavy (non-hydrogen) atoms. The van der Waals surface area contributed by atoms with Gasteiger partial charge in [-0.2, -0.15) is 5.10 Å². The average Bonchev–Trinajstić information content (AvgIpc) is 2.63. The molecule has 1 N–H and O–H groups in total. The van der Waals surface area contributed by atoms with Crippen LogP contribution in [0.25, 0.3) is 0 Å². The number of carbonyl (C=O) groups excluding carboxylic acids is 1. The summed E-state index contributed by atoms with van der Waals surface area (Å²) >= 11 is 0. The summed E-state index contributed by atoms with van der Waals surface area (Å²) in [6, 6.07) is 6.27. The number of benzene rings is 1. The standard InChI is InChI=1S/C13H14FN3O/c1-8-4-5-10(7-11(8)14)15-13(18)12-6-9(2)16-17(12)3/h4-7H,1-3H3,(H,15,18). The minimum atomic E-state index is -0.339. The Morgan fingerprint density at radius 1 is 1.33 bits per heavy atom. The SMILES string of the molecule is Cc1cc(C(=O)Nc2ccc(C)c(F)c2)n(C)n1. The molecule has 0 bridgehead atoms. The maximum Gasteiger partial charge on any atom is 0.273 e. The van der Waals surface area contributed by atoms with Crippen molar-refractivity contribution in [1.29, 1.82) is 0 Å². The van der Waals surface area contributed by atoms with Crippen LogP contribution in [0.1, 0.15) is 21.7 Å². The fraction of sp³-hybridized carbons (Fsp3) is 0.231. The maximum atomic E-state index is 13.3. The van der Waals surface area contributed by atoms with Crippen molar-refractivity contribution in [3.05, 3.63) is 47.0 Å². The summed E-state index contributed by atoms with van der Waals surface area (Å²) in [5, 5.41) is 6.73. The van der Waals surface area contributed by atoms with E-state index in [1.54, 1.807) is 32.2 Å². The maximum absolute atomic E-state index is 13.3. The smallest absolute Gasteiger partial charge is 0.273 e.